The molecular weight excluding hydrogens is 480 g/mol. The number of carbonyl (C=O) groups excluding carboxylic acids is 2. The molecule has 2 heterocycles. The normalized spacial score (nSPS) is 15.0. The lowest BCUT2D eigenvalue weighted by atomic mass is 9.87. The number of carbonyl (C=O) groups is 2. The average molecular weight is 511 g/mol. The van der Waals surface area contributed by atoms with Crippen molar-refractivity contribution in [3.05, 3.63) is 64.5 Å². The molecule has 0 unspecified atom stereocenters. The quantitative estimate of drug-likeness (QED) is 0.448. The molecule has 1 aliphatic heterocycles. The standard InChI is InChI=1S/C27H31ClN4O4/c1-27(2,3)20-8-5-17(6-9-20)24-30-23(36-31-24)16-32-13-11-18(12-14-32)25(33)29-22-15-19(26(34)35-4)7-10-21(22)28/h5-10,15,18H,11-14,16H2,1-4H3,(H,29,33). The van der Waals surface area contributed by atoms with Gasteiger partial charge in [0.05, 0.1) is 29.9 Å². The Kier molecular flexibility index (Phi) is 7.76. The highest BCUT2D eigenvalue weighted by molar-refractivity contribution is 6.33. The van der Waals surface area contributed by atoms with Gasteiger partial charge in [-0.1, -0.05) is 61.8 Å². The molecule has 36 heavy (non-hydrogen) atoms. The van der Waals surface area contributed by atoms with Crippen LogP contribution in [0, 0.1) is 5.92 Å². The van der Waals surface area contributed by atoms with Crippen LogP contribution < -0.4 is 5.32 Å². The van der Waals surface area contributed by atoms with E-state index in [0.717, 1.165) is 18.7 Å². The lowest BCUT2D eigenvalue weighted by Crippen LogP contribution is -2.37. The van der Waals surface area contributed by atoms with Crippen molar-refractivity contribution in [3.63, 3.8) is 0 Å². The van der Waals surface area contributed by atoms with Crippen molar-refractivity contribution in [2.75, 3.05) is 25.5 Å². The molecule has 0 atom stereocenters. The first kappa shape index (κ1) is 25.9. The largest absolute Gasteiger partial charge is 0.465 e. The second-order valence-electron chi connectivity index (χ2n) is 10.1. The number of hydrogen-bond donors (Lipinski definition) is 1. The average Bonchev–Trinajstić information content (AvgIpc) is 3.33. The van der Waals surface area contributed by atoms with Crippen LogP contribution in [0.4, 0.5) is 5.69 Å². The molecule has 9 heteroatoms. The predicted molar refractivity (Wildman–Crippen MR) is 138 cm³/mol. The van der Waals surface area contributed by atoms with Gasteiger partial charge in [0.25, 0.3) is 0 Å². The number of piperidine rings is 1. The van der Waals surface area contributed by atoms with E-state index in [1.54, 1.807) is 12.1 Å². The van der Waals surface area contributed by atoms with E-state index in [0.29, 0.717) is 47.4 Å². The number of ether oxygens (including phenoxy) is 1. The zero-order valence-electron chi connectivity index (χ0n) is 21.0. The third kappa shape index (κ3) is 6.12. The van der Waals surface area contributed by atoms with Crippen LogP contribution in [0.1, 0.15) is 55.4 Å². The number of methoxy groups -OCH3 is 1. The van der Waals surface area contributed by atoms with E-state index in [4.69, 9.17) is 20.9 Å². The van der Waals surface area contributed by atoms with Crippen LogP contribution in [0.3, 0.4) is 0 Å². The molecule has 1 amide bonds. The van der Waals surface area contributed by atoms with E-state index in [2.05, 4.69) is 53.3 Å². The Labute approximate surface area is 216 Å². The molecule has 0 aliphatic carbocycles. The van der Waals surface area contributed by atoms with Gasteiger partial charge in [0.2, 0.25) is 17.6 Å². The van der Waals surface area contributed by atoms with Gasteiger partial charge in [-0.05, 0) is 55.1 Å². The van der Waals surface area contributed by atoms with Gasteiger partial charge in [0.1, 0.15) is 0 Å². The minimum Gasteiger partial charge on any atom is -0.465 e. The molecule has 190 valence electrons. The summed E-state index contributed by atoms with van der Waals surface area (Å²) in [6, 6.07) is 12.9. The lowest BCUT2D eigenvalue weighted by molar-refractivity contribution is -0.121. The maximum absolute atomic E-state index is 12.8. The van der Waals surface area contributed by atoms with Gasteiger partial charge in [-0.2, -0.15) is 4.98 Å². The summed E-state index contributed by atoms with van der Waals surface area (Å²) in [5, 5.41) is 7.37. The van der Waals surface area contributed by atoms with Crippen molar-refractivity contribution in [2.24, 2.45) is 5.92 Å². The van der Waals surface area contributed by atoms with Crippen molar-refractivity contribution in [2.45, 2.75) is 45.6 Å². The number of esters is 1. The van der Waals surface area contributed by atoms with E-state index in [9.17, 15) is 9.59 Å². The first-order valence-electron chi connectivity index (χ1n) is 12.0. The topological polar surface area (TPSA) is 97.6 Å². The van der Waals surface area contributed by atoms with Crippen LogP contribution >= 0.6 is 11.6 Å². The summed E-state index contributed by atoms with van der Waals surface area (Å²) < 4.78 is 10.2. The number of aromatic nitrogens is 2. The fourth-order valence-corrected chi connectivity index (χ4v) is 4.37. The minimum atomic E-state index is -0.485. The van der Waals surface area contributed by atoms with Gasteiger partial charge in [-0.25, -0.2) is 4.79 Å². The lowest BCUT2D eigenvalue weighted by Gasteiger charge is -2.30. The van der Waals surface area contributed by atoms with Crippen molar-refractivity contribution >= 4 is 29.2 Å². The van der Waals surface area contributed by atoms with Gasteiger partial charge < -0.3 is 14.6 Å². The van der Waals surface area contributed by atoms with Crippen LogP contribution in [0.2, 0.25) is 5.02 Å². The van der Waals surface area contributed by atoms with Crippen molar-refractivity contribution in [1.82, 2.24) is 15.0 Å². The Balaban J connectivity index is 1.30. The number of anilines is 1. The maximum atomic E-state index is 12.8. The van der Waals surface area contributed by atoms with Gasteiger partial charge in [-0.15, -0.1) is 0 Å². The number of likely N-dealkylation sites (tertiary alicyclic amines) is 1. The fourth-order valence-electron chi connectivity index (χ4n) is 4.20. The summed E-state index contributed by atoms with van der Waals surface area (Å²) in [5.74, 6) is 0.377. The fraction of sp³-hybridized carbons (Fsp3) is 0.407. The summed E-state index contributed by atoms with van der Waals surface area (Å²) in [7, 11) is 1.31. The molecule has 0 radical (unpaired) electrons. The SMILES string of the molecule is COC(=O)c1ccc(Cl)c(NC(=O)C2CCN(Cc3nc(-c4ccc(C(C)(C)C)cc4)no3)CC2)c1. The number of nitrogens with one attached hydrogen (secondary N) is 1. The Hall–Kier alpha value is -3.23. The third-order valence-electron chi connectivity index (χ3n) is 6.44. The van der Waals surface area contributed by atoms with E-state index < -0.39 is 5.97 Å². The zero-order valence-corrected chi connectivity index (χ0v) is 21.8. The van der Waals surface area contributed by atoms with Crippen LogP contribution in [0.15, 0.2) is 47.0 Å². The number of hydrogen-bond acceptors (Lipinski definition) is 7. The molecule has 2 aromatic carbocycles. The molecule has 8 nitrogen and oxygen atoms in total. The second kappa shape index (κ2) is 10.8. The molecule has 3 aromatic rings. The molecule has 4 rings (SSSR count). The molecular formula is C27H31ClN4O4. The molecule has 0 bridgehead atoms. The molecule has 1 aromatic heterocycles. The van der Waals surface area contributed by atoms with Crippen molar-refractivity contribution < 1.29 is 18.8 Å². The molecule has 1 N–H and O–H groups in total. The van der Waals surface area contributed by atoms with Crippen LogP contribution in [0.5, 0.6) is 0 Å². The summed E-state index contributed by atoms with van der Waals surface area (Å²) in [6.45, 7) is 8.53. The van der Waals surface area contributed by atoms with E-state index in [-0.39, 0.29) is 17.2 Å². The highest BCUT2D eigenvalue weighted by Gasteiger charge is 2.27. The summed E-state index contributed by atoms with van der Waals surface area (Å²) >= 11 is 6.22. The third-order valence-corrected chi connectivity index (χ3v) is 6.77. The number of nitrogens with zero attached hydrogens (tertiary/aromatic N) is 3. The Morgan fingerprint density at radius 1 is 1.14 bits per heavy atom. The van der Waals surface area contributed by atoms with Crippen LogP contribution in [-0.4, -0.2) is 47.1 Å². The number of rotatable bonds is 6. The van der Waals surface area contributed by atoms with Crippen molar-refractivity contribution in [1.29, 1.82) is 0 Å². The summed E-state index contributed by atoms with van der Waals surface area (Å²) in [6.07, 6.45) is 1.38. The molecule has 1 fully saturated rings. The van der Waals surface area contributed by atoms with Gasteiger partial charge in [0, 0.05) is 11.5 Å². The minimum absolute atomic E-state index is 0.0866. The van der Waals surface area contributed by atoms with Gasteiger partial charge >= 0.3 is 5.97 Å². The molecule has 1 saturated heterocycles. The number of halogens is 1. The second-order valence-corrected chi connectivity index (χ2v) is 10.5. The molecule has 0 saturated carbocycles. The zero-order chi connectivity index (χ0) is 25.9. The maximum Gasteiger partial charge on any atom is 0.337 e. The monoisotopic (exact) mass is 510 g/mol. The Morgan fingerprint density at radius 2 is 1.83 bits per heavy atom. The Bertz CT molecular complexity index is 1230. The summed E-state index contributed by atoms with van der Waals surface area (Å²) in [5.41, 5.74) is 2.99. The molecule has 0 spiro atoms. The van der Waals surface area contributed by atoms with E-state index in [1.807, 2.05) is 12.1 Å². The van der Waals surface area contributed by atoms with Crippen LogP contribution in [-0.2, 0) is 21.5 Å². The summed E-state index contributed by atoms with van der Waals surface area (Å²) in [4.78, 5) is 31.4. The first-order valence-corrected chi connectivity index (χ1v) is 12.4. The van der Waals surface area contributed by atoms with Gasteiger partial charge in [0.15, 0.2) is 0 Å². The smallest absolute Gasteiger partial charge is 0.337 e. The van der Waals surface area contributed by atoms with E-state index in [1.165, 1.54) is 18.7 Å². The number of amides is 1. The predicted octanol–water partition coefficient (Wildman–Crippen LogP) is 5.32. The van der Waals surface area contributed by atoms with Crippen LogP contribution in [0.25, 0.3) is 11.4 Å². The Morgan fingerprint density at radius 3 is 2.47 bits per heavy atom. The van der Waals surface area contributed by atoms with E-state index >= 15 is 0 Å². The number of benzene rings is 2. The van der Waals surface area contributed by atoms with Crippen molar-refractivity contribution in [3.8, 4) is 11.4 Å². The first-order chi connectivity index (χ1) is 17.1. The highest BCUT2D eigenvalue weighted by Crippen LogP contribution is 2.27. The highest BCUT2D eigenvalue weighted by atomic mass is 35.5. The molecule has 1 aliphatic rings. The van der Waals surface area contributed by atoms with Gasteiger partial charge in [-0.3, -0.25) is 9.69 Å².